The summed E-state index contributed by atoms with van der Waals surface area (Å²) in [6, 6.07) is 0. The van der Waals surface area contributed by atoms with Crippen molar-refractivity contribution in [3.63, 3.8) is 0 Å². The third kappa shape index (κ3) is 62.1. The molecule has 0 N–H and O–H groups in total. The summed E-state index contributed by atoms with van der Waals surface area (Å²) < 4.78 is 16.8. The van der Waals surface area contributed by atoms with Crippen molar-refractivity contribution in [3.8, 4) is 0 Å². The second-order valence-electron chi connectivity index (χ2n) is 22.4. The van der Waals surface area contributed by atoms with E-state index in [2.05, 4.69) is 63.3 Å². The maximum Gasteiger partial charge on any atom is 0.306 e. The number of allylic oxidation sites excluding steroid dienone is 8. The lowest BCUT2D eigenvalue weighted by Gasteiger charge is -2.18. The van der Waals surface area contributed by atoms with E-state index in [4.69, 9.17) is 14.2 Å². The number of carbonyl (C=O) groups excluding carboxylic acids is 3. The van der Waals surface area contributed by atoms with Gasteiger partial charge in [0.2, 0.25) is 0 Å². The zero-order valence-corrected chi connectivity index (χ0v) is 50.3. The fourth-order valence-corrected chi connectivity index (χ4v) is 9.93. The lowest BCUT2D eigenvalue weighted by Crippen LogP contribution is -2.30. The molecule has 0 bridgehead atoms. The molecule has 0 amide bonds. The van der Waals surface area contributed by atoms with E-state index in [1.54, 1.807) is 0 Å². The fraction of sp³-hybridized carbons (Fsp3) is 0.841. The first-order chi connectivity index (χ1) is 37.0. The van der Waals surface area contributed by atoms with Gasteiger partial charge in [-0.05, 0) is 44.9 Å². The van der Waals surface area contributed by atoms with E-state index in [0.29, 0.717) is 19.3 Å². The van der Waals surface area contributed by atoms with Crippen molar-refractivity contribution < 1.29 is 28.6 Å². The standard InChI is InChI=1S/C69H126O6/c1-4-7-10-13-16-19-21-23-24-25-26-27-28-29-30-31-32-33-34-35-36-37-38-39-40-41-42-43-44-46-47-50-53-56-59-62-68(71)74-65-66(64-73-67(70)61-58-55-52-49-18-15-12-9-6-3)75-69(72)63-60-57-54-51-48-45-22-20-17-14-11-8-5-2/h8,11,17,20,45,48,54,57,66H,4-7,9-10,12-16,18-19,21-44,46-47,49-53,55-56,58-65H2,1-3H3/b11-8-,20-17-,48-45-,57-54-. The molecule has 0 aromatic carbocycles. The summed E-state index contributed by atoms with van der Waals surface area (Å²) in [6.45, 7) is 6.48. The fourth-order valence-electron chi connectivity index (χ4n) is 9.93. The minimum absolute atomic E-state index is 0.0977. The van der Waals surface area contributed by atoms with Crippen molar-refractivity contribution in [2.45, 2.75) is 361 Å². The second kappa shape index (κ2) is 63.9. The van der Waals surface area contributed by atoms with Gasteiger partial charge >= 0.3 is 17.9 Å². The van der Waals surface area contributed by atoms with Gasteiger partial charge in [-0.15, -0.1) is 0 Å². The van der Waals surface area contributed by atoms with Crippen LogP contribution in [-0.2, 0) is 28.6 Å². The van der Waals surface area contributed by atoms with Crippen molar-refractivity contribution >= 4 is 17.9 Å². The van der Waals surface area contributed by atoms with E-state index in [1.807, 2.05) is 6.08 Å². The summed E-state index contributed by atoms with van der Waals surface area (Å²) in [6.07, 6.45) is 80.6. The Balaban J connectivity index is 3.95. The molecular weight excluding hydrogens is 925 g/mol. The minimum atomic E-state index is -0.807. The van der Waals surface area contributed by atoms with Gasteiger partial charge in [0, 0.05) is 19.3 Å². The van der Waals surface area contributed by atoms with E-state index in [-0.39, 0.29) is 37.5 Å². The number of hydrogen-bond donors (Lipinski definition) is 0. The Hall–Kier alpha value is -2.63. The lowest BCUT2D eigenvalue weighted by atomic mass is 10.0. The summed E-state index contributed by atoms with van der Waals surface area (Å²) in [5.41, 5.74) is 0. The molecule has 0 spiro atoms. The van der Waals surface area contributed by atoms with Gasteiger partial charge in [-0.3, -0.25) is 14.4 Å². The Morgan fingerprint density at radius 3 is 0.787 bits per heavy atom. The minimum Gasteiger partial charge on any atom is -0.462 e. The number of hydrogen-bond acceptors (Lipinski definition) is 6. The van der Waals surface area contributed by atoms with Gasteiger partial charge in [0.05, 0.1) is 0 Å². The third-order valence-corrected chi connectivity index (χ3v) is 14.9. The van der Waals surface area contributed by atoms with E-state index in [0.717, 1.165) is 64.2 Å². The molecule has 1 atom stereocenters. The molecule has 6 nitrogen and oxygen atoms in total. The molecular formula is C69H126O6. The number of esters is 3. The molecule has 0 aliphatic rings. The quantitative estimate of drug-likeness (QED) is 0.0261. The van der Waals surface area contributed by atoms with Gasteiger partial charge < -0.3 is 14.2 Å². The van der Waals surface area contributed by atoms with Crippen LogP contribution in [0.5, 0.6) is 0 Å². The number of rotatable bonds is 61. The SMILES string of the molecule is CC/C=C\C/C=C\C/C=C\C/C=C\CCC(=O)OC(COC(=O)CCCCCCCCCCC)COC(=O)CCCCCCCCCCCCCCCCCCCCCCCCCCCCCCCCCCCCC. The van der Waals surface area contributed by atoms with Crippen molar-refractivity contribution in [2.24, 2.45) is 0 Å². The summed E-state index contributed by atoms with van der Waals surface area (Å²) in [7, 11) is 0. The van der Waals surface area contributed by atoms with Gasteiger partial charge in [0.15, 0.2) is 6.10 Å². The first kappa shape index (κ1) is 72.4. The maximum absolute atomic E-state index is 12.8. The molecule has 0 radical (unpaired) electrons. The van der Waals surface area contributed by atoms with Crippen LogP contribution in [0.3, 0.4) is 0 Å². The van der Waals surface area contributed by atoms with Crippen LogP contribution in [0.25, 0.3) is 0 Å². The lowest BCUT2D eigenvalue weighted by molar-refractivity contribution is -0.166. The van der Waals surface area contributed by atoms with Crippen LogP contribution in [0.2, 0.25) is 0 Å². The highest BCUT2D eigenvalue weighted by molar-refractivity contribution is 5.71. The first-order valence-corrected chi connectivity index (χ1v) is 33.1. The Kier molecular flexibility index (Phi) is 61.7. The van der Waals surface area contributed by atoms with Crippen LogP contribution in [0.4, 0.5) is 0 Å². The van der Waals surface area contributed by atoms with Crippen LogP contribution in [0, 0.1) is 0 Å². The predicted octanol–water partition coefficient (Wildman–Crippen LogP) is 22.6. The summed E-state index contributed by atoms with van der Waals surface area (Å²) in [4.78, 5) is 38.0. The van der Waals surface area contributed by atoms with Crippen molar-refractivity contribution in [3.05, 3.63) is 48.6 Å². The van der Waals surface area contributed by atoms with Crippen molar-refractivity contribution in [1.29, 1.82) is 0 Å². The zero-order chi connectivity index (χ0) is 54.3. The third-order valence-electron chi connectivity index (χ3n) is 14.9. The molecule has 0 fully saturated rings. The maximum atomic E-state index is 12.8. The highest BCUT2D eigenvalue weighted by Gasteiger charge is 2.19. The van der Waals surface area contributed by atoms with Crippen LogP contribution < -0.4 is 0 Å². The number of unbranched alkanes of at least 4 members (excludes halogenated alkanes) is 42. The van der Waals surface area contributed by atoms with Gasteiger partial charge in [0.1, 0.15) is 13.2 Å². The highest BCUT2D eigenvalue weighted by Crippen LogP contribution is 2.18. The van der Waals surface area contributed by atoms with E-state index >= 15 is 0 Å². The Morgan fingerprint density at radius 1 is 0.280 bits per heavy atom. The largest absolute Gasteiger partial charge is 0.462 e. The second-order valence-corrected chi connectivity index (χ2v) is 22.4. The van der Waals surface area contributed by atoms with Crippen molar-refractivity contribution in [2.75, 3.05) is 13.2 Å². The molecule has 6 heteroatoms. The van der Waals surface area contributed by atoms with Gasteiger partial charge in [-0.25, -0.2) is 0 Å². The van der Waals surface area contributed by atoms with Gasteiger partial charge in [-0.1, -0.05) is 339 Å². The van der Waals surface area contributed by atoms with Crippen LogP contribution in [0.1, 0.15) is 355 Å². The van der Waals surface area contributed by atoms with Gasteiger partial charge in [0.25, 0.3) is 0 Å². The summed E-state index contributed by atoms with van der Waals surface area (Å²) in [5, 5.41) is 0. The number of ether oxygens (including phenoxy) is 3. The molecule has 0 aliphatic carbocycles. The van der Waals surface area contributed by atoms with Crippen molar-refractivity contribution in [1.82, 2.24) is 0 Å². The van der Waals surface area contributed by atoms with Crippen LogP contribution >= 0.6 is 0 Å². The molecule has 0 saturated heterocycles. The first-order valence-electron chi connectivity index (χ1n) is 33.1. The molecule has 438 valence electrons. The molecule has 0 aromatic heterocycles. The smallest absolute Gasteiger partial charge is 0.306 e. The van der Waals surface area contributed by atoms with E-state index in [1.165, 1.54) is 244 Å². The summed E-state index contributed by atoms with van der Waals surface area (Å²) in [5.74, 6) is -0.968. The average molecular weight is 1050 g/mol. The topological polar surface area (TPSA) is 78.9 Å². The van der Waals surface area contributed by atoms with Gasteiger partial charge in [-0.2, -0.15) is 0 Å². The van der Waals surface area contributed by atoms with Crippen LogP contribution in [0.15, 0.2) is 48.6 Å². The normalized spacial score (nSPS) is 12.3. The number of carbonyl (C=O) groups is 3. The highest BCUT2D eigenvalue weighted by atomic mass is 16.6. The Labute approximate surface area is 467 Å². The van der Waals surface area contributed by atoms with E-state index in [9.17, 15) is 14.4 Å². The molecule has 75 heavy (non-hydrogen) atoms. The zero-order valence-electron chi connectivity index (χ0n) is 50.3. The Morgan fingerprint density at radius 2 is 0.520 bits per heavy atom. The monoisotopic (exact) mass is 1050 g/mol. The van der Waals surface area contributed by atoms with Crippen LogP contribution in [-0.4, -0.2) is 37.2 Å². The molecule has 0 rings (SSSR count). The predicted molar refractivity (Wildman–Crippen MR) is 325 cm³/mol. The molecule has 0 heterocycles. The average Bonchev–Trinajstić information content (AvgIpc) is 3.41. The molecule has 0 aliphatic heterocycles. The molecule has 0 saturated carbocycles. The molecule has 0 aromatic rings. The summed E-state index contributed by atoms with van der Waals surface area (Å²) >= 11 is 0. The Bertz CT molecular complexity index is 1300. The molecule has 1 unspecified atom stereocenters. The van der Waals surface area contributed by atoms with E-state index < -0.39 is 6.10 Å².